The number of hydrogen-bond acceptors (Lipinski definition) is 2. The Morgan fingerprint density at radius 1 is 0.968 bits per heavy atom. The van der Waals surface area contributed by atoms with Crippen LogP contribution in [0.15, 0.2) is 85.1 Å². The molecule has 0 radical (unpaired) electrons. The number of nitrogens with zero attached hydrogens (tertiary/aromatic N) is 1. The van der Waals surface area contributed by atoms with Crippen LogP contribution in [0.1, 0.15) is 30.4 Å². The summed E-state index contributed by atoms with van der Waals surface area (Å²) in [6, 6.07) is 24.1. The fourth-order valence-electron chi connectivity index (χ4n) is 3.59. The predicted octanol–water partition coefficient (Wildman–Crippen LogP) is 5.69. The molecule has 4 aromatic rings. The lowest BCUT2D eigenvalue weighted by Crippen LogP contribution is -2.28. The lowest BCUT2D eigenvalue weighted by molar-refractivity contribution is -0.122. The molecule has 0 saturated carbocycles. The highest BCUT2D eigenvalue weighted by atomic mass is 19.1. The fraction of sp³-hybridized carbons (Fsp3) is 0.154. The van der Waals surface area contributed by atoms with Crippen LogP contribution >= 0.6 is 0 Å². The minimum absolute atomic E-state index is 0.0350. The zero-order valence-electron chi connectivity index (χ0n) is 17.3. The maximum absolute atomic E-state index is 13.1. The number of rotatable bonds is 7. The molecule has 0 spiro atoms. The zero-order chi connectivity index (χ0) is 21.6. The van der Waals surface area contributed by atoms with E-state index in [1.54, 1.807) is 18.3 Å². The molecular weight excluding hydrogens is 389 g/mol. The standard InChI is InChI=1S/C26H24FN3O/c1-2-23(19-6-4-3-5-7-19)26(31)29-16-18-8-10-21(11-9-18)25-28-17-24(30-25)20-12-14-22(27)15-13-20/h3-15,17,23H,2,16H2,1H3,(H,28,30)(H,29,31). The summed E-state index contributed by atoms with van der Waals surface area (Å²) in [6.07, 6.45) is 2.49. The molecule has 5 heteroatoms. The van der Waals surface area contributed by atoms with Crippen LogP contribution in [0.3, 0.4) is 0 Å². The molecule has 0 saturated heterocycles. The van der Waals surface area contributed by atoms with Crippen LogP contribution in [-0.2, 0) is 11.3 Å². The number of hydrogen-bond donors (Lipinski definition) is 2. The number of amides is 1. The number of aromatic amines is 1. The Hall–Kier alpha value is -3.73. The second-order valence-corrected chi connectivity index (χ2v) is 7.44. The highest BCUT2D eigenvalue weighted by Crippen LogP contribution is 2.23. The Morgan fingerprint density at radius 3 is 2.32 bits per heavy atom. The number of aromatic nitrogens is 2. The minimum atomic E-state index is -0.264. The third-order valence-corrected chi connectivity index (χ3v) is 5.35. The first-order valence-electron chi connectivity index (χ1n) is 10.4. The monoisotopic (exact) mass is 413 g/mol. The number of carbonyl (C=O) groups excluding carboxylic acids is 1. The first-order valence-corrected chi connectivity index (χ1v) is 10.4. The summed E-state index contributed by atoms with van der Waals surface area (Å²) in [5.74, 6) is 0.367. The minimum Gasteiger partial charge on any atom is -0.351 e. The van der Waals surface area contributed by atoms with Crippen LogP contribution in [0, 0.1) is 5.82 Å². The van der Waals surface area contributed by atoms with E-state index < -0.39 is 0 Å². The average molecular weight is 413 g/mol. The summed E-state index contributed by atoms with van der Waals surface area (Å²) >= 11 is 0. The lowest BCUT2D eigenvalue weighted by atomic mass is 9.95. The van der Waals surface area contributed by atoms with Crippen molar-refractivity contribution >= 4 is 5.91 Å². The van der Waals surface area contributed by atoms with Gasteiger partial charge >= 0.3 is 0 Å². The maximum Gasteiger partial charge on any atom is 0.227 e. The van der Waals surface area contributed by atoms with Crippen molar-refractivity contribution < 1.29 is 9.18 Å². The van der Waals surface area contributed by atoms with Gasteiger partial charge in [0.2, 0.25) is 5.91 Å². The van der Waals surface area contributed by atoms with Gasteiger partial charge < -0.3 is 10.3 Å². The third-order valence-electron chi connectivity index (χ3n) is 5.35. The van der Waals surface area contributed by atoms with E-state index in [0.29, 0.717) is 6.54 Å². The van der Waals surface area contributed by atoms with E-state index in [2.05, 4.69) is 15.3 Å². The van der Waals surface area contributed by atoms with Crippen LogP contribution in [0.4, 0.5) is 4.39 Å². The van der Waals surface area contributed by atoms with Crippen LogP contribution in [0.2, 0.25) is 0 Å². The molecule has 31 heavy (non-hydrogen) atoms. The molecule has 0 aliphatic carbocycles. The molecule has 3 aromatic carbocycles. The number of nitrogens with one attached hydrogen (secondary N) is 2. The van der Waals surface area contributed by atoms with Crippen molar-refractivity contribution in [1.82, 2.24) is 15.3 Å². The second kappa shape index (κ2) is 9.39. The SMILES string of the molecule is CCC(C(=O)NCc1ccc(-c2ncc(-c3ccc(F)cc3)[nH]2)cc1)c1ccccc1. The molecule has 1 amide bonds. The van der Waals surface area contributed by atoms with Crippen molar-refractivity contribution in [2.45, 2.75) is 25.8 Å². The van der Waals surface area contributed by atoms with Crippen LogP contribution in [0.5, 0.6) is 0 Å². The quantitative estimate of drug-likeness (QED) is 0.409. The van der Waals surface area contributed by atoms with E-state index in [9.17, 15) is 9.18 Å². The van der Waals surface area contributed by atoms with Gasteiger partial charge in [-0.3, -0.25) is 4.79 Å². The van der Waals surface area contributed by atoms with Gasteiger partial charge in [0.25, 0.3) is 0 Å². The molecule has 4 nitrogen and oxygen atoms in total. The summed E-state index contributed by atoms with van der Waals surface area (Å²) in [7, 11) is 0. The predicted molar refractivity (Wildman–Crippen MR) is 121 cm³/mol. The van der Waals surface area contributed by atoms with Crippen LogP contribution in [-0.4, -0.2) is 15.9 Å². The first-order chi connectivity index (χ1) is 15.1. The summed E-state index contributed by atoms with van der Waals surface area (Å²) in [5, 5.41) is 3.04. The molecule has 0 aliphatic rings. The molecule has 2 N–H and O–H groups in total. The summed E-state index contributed by atoms with van der Waals surface area (Å²) in [5.41, 5.74) is 4.71. The van der Waals surface area contributed by atoms with E-state index in [1.165, 1.54) is 12.1 Å². The molecule has 1 unspecified atom stereocenters. The van der Waals surface area contributed by atoms with Gasteiger partial charge in [0, 0.05) is 12.1 Å². The third kappa shape index (κ3) is 4.89. The molecule has 156 valence electrons. The second-order valence-electron chi connectivity index (χ2n) is 7.44. The number of halogens is 1. The highest BCUT2D eigenvalue weighted by molar-refractivity contribution is 5.83. The van der Waals surface area contributed by atoms with Crippen LogP contribution < -0.4 is 5.32 Å². The molecule has 0 fully saturated rings. The molecular formula is C26H24FN3O. The van der Waals surface area contributed by atoms with Crippen molar-refractivity contribution in [2.24, 2.45) is 0 Å². The summed E-state index contributed by atoms with van der Waals surface area (Å²) in [4.78, 5) is 20.4. The van der Waals surface area contributed by atoms with Gasteiger partial charge in [-0.25, -0.2) is 9.37 Å². The Kier molecular flexibility index (Phi) is 6.22. The van der Waals surface area contributed by atoms with Gasteiger partial charge in [-0.05, 0) is 47.4 Å². The van der Waals surface area contributed by atoms with Crippen molar-refractivity contribution in [1.29, 1.82) is 0 Å². The fourth-order valence-corrected chi connectivity index (χ4v) is 3.59. The van der Waals surface area contributed by atoms with Crippen molar-refractivity contribution in [2.75, 3.05) is 0 Å². The van der Waals surface area contributed by atoms with Gasteiger partial charge in [0.1, 0.15) is 11.6 Å². The Morgan fingerprint density at radius 2 is 1.65 bits per heavy atom. The molecule has 1 atom stereocenters. The van der Waals surface area contributed by atoms with Gasteiger partial charge in [-0.2, -0.15) is 0 Å². The van der Waals surface area contributed by atoms with Gasteiger partial charge in [0.15, 0.2) is 0 Å². The Balaban J connectivity index is 1.39. The van der Waals surface area contributed by atoms with Crippen molar-refractivity contribution in [3.8, 4) is 22.6 Å². The summed E-state index contributed by atoms with van der Waals surface area (Å²) in [6.45, 7) is 2.50. The molecule has 1 aromatic heterocycles. The first kappa shape index (κ1) is 20.5. The Labute approximate surface area is 181 Å². The average Bonchev–Trinajstić information content (AvgIpc) is 3.30. The zero-order valence-corrected chi connectivity index (χ0v) is 17.3. The number of carbonyl (C=O) groups is 1. The van der Waals surface area contributed by atoms with E-state index in [0.717, 1.165) is 40.2 Å². The highest BCUT2D eigenvalue weighted by Gasteiger charge is 2.17. The molecule has 4 rings (SSSR count). The maximum atomic E-state index is 13.1. The largest absolute Gasteiger partial charge is 0.351 e. The van der Waals surface area contributed by atoms with Gasteiger partial charge in [0.05, 0.1) is 17.8 Å². The summed E-state index contributed by atoms with van der Waals surface area (Å²) < 4.78 is 13.1. The van der Waals surface area contributed by atoms with Crippen molar-refractivity contribution in [3.63, 3.8) is 0 Å². The molecule has 0 bridgehead atoms. The van der Waals surface area contributed by atoms with Crippen LogP contribution in [0.25, 0.3) is 22.6 Å². The van der Waals surface area contributed by atoms with Gasteiger partial charge in [-0.15, -0.1) is 0 Å². The van der Waals surface area contributed by atoms with E-state index in [4.69, 9.17) is 0 Å². The van der Waals surface area contributed by atoms with Crippen molar-refractivity contribution in [3.05, 3.63) is 102 Å². The number of imidazole rings is 1. The lowest BCUT2D eigenvalue weighted by Gasteiger charge is -2.15. The normalized spacial score (nSPS) is 11.8. The van der Waals surface area contributed by atoms with E-state index in [-0.39, 0.29) is 17.6 Å². The smallest absolute Gasteiger partial charge is 0.227 e. The molecule has 0 aliphatic heterocycles. The number of benzene rings is 3. The van der Waals surface area contributed by atoms with E-state index >= 15 is 0 Å². The number of H-pyrrole nitrogens is 1. The topological polar surface area (TPSA) is 57.8 Å². The van der Waals surface area contributed by atoms with Gasteiger partial charge in [-0.1, -0.05) is 61.5 Å². The Bertz CT molecular complexity index is 1140. The molecule has 1 heterocycles. The van der Waals surface area contributed by atoms with E-state index in [1.807, 2.05) is 61.5 Å².